The summed E-state index contributed by atoms with van der Waals surface area (Å²) in [6.45, 7) is 0. The van der Waals surface area contributed by atoms with Crippen molar-refractivity contribution in [2.45, 2.75) is 24.8 Å². The number of hydrogen-bond acceptors (Lipinski definition) is 3. The minimum Gasteiger partial charge on any atom is -0.872 e. The zero-order valence-corrected chi connectivity index (χ0v) is 10.8. The van der Waals surface area contributed by atoms with Gasteiger partial charge in [0, 0.05) is 12.3 Å². The molecule has 3 rings (SSSR count). The van der Waals surface area contributed by atoms with Gasteiger partial charge in [-0.05, 0) is 12.0 Å². The molecule has 1 fully saturated rings. The largest absolute Gasteiger partial charge is 0.872 e. The molecule has 20 heavy (non-hydrogen) atoms. The summed E-state index contributed by atoms with van der Waals surface area (Å²) in [5, 5.41) is 21.8. The van der Waals surface area contributed by atoms with Crippen LogP contribution in [0.3, 0.4) is 0 Å². The predicted octanol–water partition coefficient (Wildman–Crippen LogP) is 2.07. The lowest BCUT2D eigenvalue weighted by atomic mass is 9.75. The van der Waals surface area contributed by atoms with Crippen LogP contribution >= 0.6 is 0 Å². The fourth-order valence-corrected chi connectivity index (χ4v) is 2.72. The van der Waals surface area contributed by atoms with Crippen molar-refractivity contribution in [2.75, 3.05) is 0 Å². The van der Waals surface area contributed by atoms with E-state index in [1.54, 1.807) is 24.5 Å². The van der Waals surface area contributed by atoms with Gasteiger partial charge in [-0.2, -0.15) is 0 Å². The zero-order chi connectivity index (χ0) is 14.1. The van der Waals surface area contributed by atoms with E-state index in [4.69, 9.17) is 0 Å². The number of nitro groups is 1. The normalized spacial score (nSPS) is 21.2. The summed E-state index contributed by atoms with van der Waals surface area (Å²) in [4.78, 5) is 10.3. The highest BCUT2D eigenvalue weighted by molar-refractivity contribution is 5.29. The van der Waals surface area contributed by atoms with Crippen molar-refractivity contribution < 1.29 is 14.6 Å². The van der Waals surface area contributed by atoms with E-state index in [9.17, 15) is 15.2 Å². The van der Waals surface area contributed by atoms with Crippen LogP contribution in [0.1, 0.15) is 30.4 Å². The van der Waals surface area contributed by atoms with Crippen LogP contribution in [0.15, 0.2) is 48.8 Å². The van der Waals surface area contributed by atoms with E-state index in [0.29, 0.717) is 12.0 Å². The number of nitrogens with zero attached hydrogens (tertiary/aromatic N) is 2. The molecule has 0 bridgehead atoms. The second-order valence-electron chi connectivity index (χ2n) is 5.08. The monoisotopic (exact) mass is 270 g/mol. The van der Waals surface area contributed by atoms with Crippen molar-refractivity contribution in [2.24, 2.45) is 0 Å². The lowest BCUT2D eigenvalue weighted by Gasteiger charge is -2.32. The molecule has 0 radical (unpaired) electrons. The first-order chi connectivity index (χ1) is 9.65. The molecule has 5 heteroatoms. The van der Waals surface area contributed by atoms with Crippen LogP contribution in [0.5, 0.6) is 5.75 Å². The van der Waals surface area contributed by atoms with Gasteiger partial charge >= 0.3 is 0 Å². The van der Waals surface area contributed by atoms with Gasteiger partial charge in [0.2, 0.25) is 0 Å². The lowest BCUT2D eigenvalue weighted by molar-refractivity contribution is -0.736. The number of benzene rings is 1. The van der Waals surface area contributed by atoms with Gasteiger partial charge in [0.25, 0.3) is 5.69 Å². The van der Waals surface area contributed by atoms with E-state index >= 15 is 0 Å². The number of aromatic nitrogens is 1. The van der Waals surface area contributed by atoms with Crippen molar-refractivity contribution in [1.29, 1.82) is 0 Å². The van der Waals surface area contributed by atoms with Gasteiger partial charge in [0.15, 0.2) is 18.4 Å². The highest BCUT2D eigenvalue weighted by atomic mass is 16.6. The maximum atomic E-state index is 11.1. The molecule has 0 spiro atoms. The number of rotatable bonds is 3. The van der Waals surface area contributed by atoms with Gasteiger partial charge in [0.1, 0.15) is 0 Å². The van der Waals surface area contributed by atoms with Gasteiger partial charge < -0.3 is 5.11 Å². The molecule has 1 aromatic carbocycles. The molecule has 2 aromatic rings. The Morgan fingerprint density at radius 2 is 1.70 bits per heavy atom. The van der Waals surface area contributed by atoms with E-state index in [1.807, 2.05) is 16.7 Å². The summed E-state index contributed by atoms with van der Waals surface area (Å²) >= 11 is 0. The minimum absolute atomic E-state index is 0.0209. The van der Waals surface area contributed by atoms with Crippen molar-refractivity contribution >= 4 is 5.69 Å². The van der Waals surface area contributed by atoms with Crippen LogP contribution in [0, 0.1) is 10.1 Å². The molecular formula is C15H14N2O3. The molecule has 0 N–H and O–H groups in total. The average molecular weight is 270 g/mol. The fourth-order valence-electron chi connectivity index (χ4n) is 2.72. The molecule has 1 saturated carbocycles. The lowest BCUT2D eigenvalue weighted by Crippen LogP contribution is -2.47. The molecule has 102 valence electrons. The molecule has 0 saturated heterocycles. The van der Waals surface area contributed by atoms with Crippen LogP contribution < -0.4 is 9.67 Å². The summed E-state index contributed by atoms with van der Waals surface area (Å²) in [6, 6.07) is 10.3. The van der Waals surface area contributed by atoms with Crippen molar-refractivity contribution in [3.05, 3.63) is 64.5 Å². The topological polar surface area (TPSA) is 70.1 Å². The Balaban J connectivity index is 1.80. The van der Waals surface area contributed by atoms with Gasteiger partial charge in [-0.25, -0.2) is 4.57 Å². The van der Waals surface area contributed by atoms with Crippen LogP contribution in [-0.4, -0.2) is 4.92 Å². The summed E-state index contributed by atoms with van der Waals surface area (Å²) in [7, 11) is 0. The number of pyridine rings is 1. The third-order valence-electron chi connectivity index (χ3n) is 3.97. The second kappa shape index (κ2) is 4.92. The summed E-state index contributed by atoms with van der Waals surface area (Å²) in [6.07, 6.45) is 5.65. The molecular weight excluding hydrogens is 256 g/mol. The standard InChI is InChI=1S/C15H14N2O3/c18-13-3-1-11(2-4-13)14-5-6-15(14)16-9-7-12(8-10-16)17(19)20/h1-4,7-10,14-15H,5-6H2/t14-,15+/m1/s1. The summed E-state index contributed by atoms with van der Waals surface area (Å²) in [5.41, 5.74) is 1.26. The second-order valence-corrected chi connectivity index (χ2v) is 5.08. The van der Waals surface area contributed by atoms with Crippen molar-refractivity contribution in [1.82, 2.24) is 0 Å². The predicted molar refractivity (Wildman–Crippen MR) is 70.2 cm³/mol. The van der Waals surface area contributed by atoms with Crippen molar-refractivity contribution in [3.63, 3.8) is 0 Å². The third-order valence-corrected chi connectivity index (χ3v) is 3.97. The quantitative estimate of drug-likeness (QED) is 0.487. The van der Waals surface area contributed by atoms with E-state index < -0.39 is 4.92 Å². The molecule has 1 aromatic heterocycles. The maximum absolute atomic E-state index is 11.1. The molecule has 5 nitrogen and oxygen atoms in total. The first-order valence-corrected chi connectivity index (χ1v) is 6.57. The van der Waals surface area contributed by atoms with Gasteiger partial charge in [-0.3, -0.25) is 10.1 Å². The summed E-state index contributed by atoms with van der Waals surface area (Å²) < 4.78 is 2.02. The highest BCUT2D eigenvalue weighted by Crippen LogP contribution is 2.42. The summed E-state index contributed by atoms with van der Waals surface area (Å²) in [5.74, 6) is 0.398. The van der Waals surface area contributed by atoms with Crippen LogP contribution in [0.4, 0.5) is 5.69 Å². The molecule has 1 heterocycles. The Labute approximate surface area is 116 Å². The molecule has 0 unspecified atom stereocenters. The molecule has 1 aliphatic rings. The third kappa shape index (κ3) is 2.22. The Hall–Kier alpha value is -2.43. The van der Waals surface area contributed by atoms with Gasteiger partial charge in [0.05, 0.1) is 17.1 Å². The van der Waals surface area contributed by atoms with E-state index in [-0.39, 0.29) is 11.4 Å². The van der Waals surface area contributed by atoms with Gasteiger partial charge in [-0.15, -0.1) is 5.75 Å². The molecule has 0 aliphatic heterocycles. The Morgan fingerprint density at radius 1 is 1.05 bits per heavy atom. The Kier molecular flexibility index (Phi) is 3.10. The molecule has 2 atom stereocenters. The van der Waals surface area contributed by atoms with E-state index in [1.165, 1.54) is 12.1 Å². The van der Waals surface area contributed by atoms with Crippen LogP contribution in [-0.2, 0) is 0 Å². The fraction of sp³-hybridized carbons (Fsp3) is 0.267. The minimum atomic E-state index is -0.393. The van der Waals surface area contributed by atoms with E-state index in [0.717, 1.165) is 18.4 Å². The SMILES string of the molecule is O=[N+]([O-])c1cc[n+]([C@H]2CC[C@@H]2c2ccc([O-])cc2)cc1. The first kappa shape index (κ1) is 12.6. The average Bonchev–Trinajstić information content (AvgIpc) is 2.41. The molecule has 1 aliphatic carbocycles. The van der Waals surface area contributed by atoms with Crippen molar-refractivity contribution in [3.8, 4) is 5.75 Å². The zero-order valence-electron chi connectivity index (χ0n) is 10.8. The molecule has 0 amide bonds. The van der Waals surface area contributed by atoms with E-state index in [2.05, 4.69) is 0 Å². The highest BCUT2D eigenvalue weighted by Gasteiger charge is 2.39. The smallest absolute Gasteiger partial charge is 0.281 e. The Morgan fingerprint density at radius 3 is 2.20 bits per heavy atom. The van der Waals surface area contributed by atoms with Crippen LogP contribution in [0.2, 0.25) is 0 Å². The number of hydrogen-bond donors (Lipinski definition) is 0. The first-order valence-electron chi connectivity index (χ1n) is 6.57. The van der Waals surface area contributed by atoms with Crippen LogP contribution in [0.25, 0.3) is 0 Å². The maximum Gasteiger partial charge on any atom is 0.281 e. The van der Waals surface area contributed by atoms with Gasteiger partial charge in [-0.1, -0.05) is 24.3 Å². The Bertz CT molecular complexity index is 623.